The van der Waals surface area contributed by atoms with Crippen molar-refractivity contribution in [2.45, 2.75) is 31.0 Å². The fourth-order valence-corrected chi connectivity index (χ4v) is 6.63. The van der Waals surface area contributed by atoms with Crippen molar-refractivity contribution < 1.29 is 39.1 Å². The molecule has 3 aliphatic carbocycles. The number of benzene rings is 1. The number of carbonyl (C=O) groups is 2. The minimum absolute atomic E-state index is 0.0107. The van der Waals surface area contributed by atoms with Gasteiger partial charge in [0.15, 0.2) is 11.4 Å². The zero-order valence-electron chi connectivity index (χ0n) is 21.3. The van der Waals surface area contributed by atoms with E-state index in [4.69, 9.17) is 10.5 Å². The van der Waals surface area contributed by atoms with E-state index in [2.05, 4.69) is 6.58 Å². The topological polar surface area (TPSA) is 157 Å². The molecule has 0 aromatic heterocycles. The second-order valence-corrected chi connectivity index (χ2v) is 10.7. The molecule has 1 aromatic carbocycles. The first kappa shape index (κ1) is 26.4. The molecule has 4 aliphatic rings. The van der Waals surface area contributed by atoms with Crippen LogP contribution in [0.2, 0.25) is 0 Å². The zero-order valence-corrected chi connectivity index (χ0v) is 21.3. The van der Waals surface area contributed by atoms with Crippen molar-refractivity contribution in [2.75, 3.05) is 40.4 Å². The van der Waals surface area contributed by atoms with Gasteiger partial charge >= 0.3 is 0 Å². The average molecular weight is 530 g/mol. The molecule has 10 nitrogen and oxygen atoms in total. The average Bonchev–Trinajstić information content (AvgIpc) is 2.84. The third-order valence-corrected chi connectivity index (χ3v) is 8.42. The predicted molar refractivity (Wildman–Crippen MR) is 134 cm³/mol. The van der Waals surface area contributed by atoms with E-state index in [1.807, 2.05) is 4.90 Å². The highest BCUT2D eigenvalue weighted by molar-refractivity contribution is 6.13. The summed E-state index contributed by atoms with van der Waals surface area (Å²) < 4.78 is 21.2. The Labute approximate surface area is 219 Å². The van der Waals surface area contributed by atoms with Gasteiger partial charge in [0.25, 0.3) is 5.91 Å². The Morgan fingerprint density at radius 2 is 1.95 bits per heavy atom. The van der Waals surface area contributed by atoms with Crippen LogP contribution in [0.25, 0.3) is 0 Å². The van der Waals surface area contributed by atoms with Gasteiger partial charge in [-0.15, -0.1) is 0 Å². The molecule has 0 radical (unpaired) electrons. The van der Waals surface area contributed by atoms with E-state index < -0.39 is 63.8 Å². The lowest BCUT2D eigenvalue weighted by molar-refractivity contribution is -0.115. The third-order valence-electron chi connectivity index (χ3n) is 8.42. The Kier molecular flexibility index (Phi) is 6.38. The highest BCUT2D eigenvalue weighted by atomic mass is 19.1. The van der Waals surface area contributed by atoms with Gasteiger partial charge < -0.3 is 30.9 Å². The van der Waals surface area contributed by atoms with E-state index in [-0.39, 0.29) is 47.2 Å². The quantitative estimate of drug-likeness (QED) is 0.385. The number of aromatic hydroxyl groups is 1. The van der Waals surface area contributed by atoms with Gasteiger partial charge in [0.2, 0.25) is 0 Å². The molecule has 1 aromatic rings. The first-order chi connectivity index (χ1) is 17.9. The molecule has 0 saturated carbocycles. The molecule has 11 heteroatoms. The number of likely N-dealkylation sites (N-methyl/N-ethyl adjacent to an activating group) is 1. The van der Waals surface area contributed by atoms with Crippen LogP contribution in [0, 0.1) is 17.7 Å². The van der Waals surface area contributed by atoms with Gasteiger partial charge in [-0.3, -0.25) is 19.4 Å². The number of morpholine rings is 1. The Bertz CT molecular complexity index is 1310. The van der Waals surface area contributed by atoms with Gasteiger partial charge in [-0.05, 0) is 38.9 Å². The summed E-state index contributed by atoms with van der Waals surface area (Å²) in [6.07, 6.45) is 0.0517. The minimum atomic E-state index is -2.28. The molecule has 0 bridgehead atoms. The first-order valence-electron chi connectivity index (χ1n) is 12.5. The number of hydrogen-bond acceptors (Lipinski definition) is 9. The normalized spacial score (nSPS) is 29.9. The number of phenols is 1. The Hall–Kier alpha value is -3.25. The fourth-order valence-electron chi connectivity index (χ4n) is 6.63. The van der Waals surface area contributed by atoms with Crippen LogP contribution < -0.4 is 5.73 Å². The number of ketones is 1. The molecule has 204 valence electrons. The van der Waals surface area contributed by atoms with Crippen molar-refractivity contribution in [3.63, 3.8) is 0 Å². The smallest absolute Gasteiger partial charge is 0.252 e. The molecular formula is C27H32FN3O7. The fraction of sp³-hybridized carbons (Fsp3) is 0.481. The number of aliphatic hydroxyl groups excluding tert-OH is 2. The summed E-state index contributed by atoms with van der Waals surface area (Å²) in [6.45, 7) is 6.26. The minimum Gasteiger partial charge on any atom is -0.510 e. The molecule has 38 heavy (non-hydrogen) atoms. The van der Waals surface area contributed by atoms with Gasteiger partial charge in [0.1, 0.15) is 23.1 Å². The number of amides is 1. The Balaban J connectivity index is 1.62. The molecule has 1 aliphatic heterocycles. The lowest BCUT2D eigenvalue weighted by Crippen LogP contribution is -2.60. The molecule has 5 rings (SSSR count). The summed E-state index contributed by atoms with van der Waals surface area (Å²) in [5, 5.41) is 45.0. The first-order valence-corrected chi connectivity index (χ1v) is 12.5. The SMILES string of the molecule is C=C1C(C(N)=O)=C(O)[C@@H](N(C)C)C2C[C@@H]3Cc4c(F)c(CN5CCOCC5)cc(O)c4C(=O)C3=C(O)[C@]12O. The number of rotatable bonds is 4. The van der Waals surface area contributed by atoms with Crippen molar-refractivity contribution >= 4 is 11.7 Å². The number of fused-ring (bicyclic) bond motifs is 3. The lowest BCUT2D eigenvalue weighted by Gasteiger charge is -2.52. The number of halogens is 1. The summed E-state index contributed by atoms with van der Waals surface area (Å²) in [5.41, 5.74) is 2.34. The summed E-state index contributed by atoms with van der Waals surface area (Å²) in [7, 11) is 3.25. The zero-order chi connectivity index (χ0) is 27.7. The molecule has 1 saturated heterocycles. The van der Waals surface area contributed by atoms with Gasteiger partial charge in [-0.25, -0.2) is 4.39 Å². The van der Waals surface area contributed by atoms with Crippen molar-refractivity contribution in [1.82, 2.24) is 9.80 Å². The standard InChI is InChI=1S/C27H32FN3O7/c1-12-18(26(29)36)24(34)22(30(2)3)16-9-13-8-15-20(23(33)19(13)25(35)27(12,16)37)17(32)10-14(21(15)28)11-31-4-6-38-7-5-31/h10,13,16,22,32,34-35,37H,1,4-9,11H2,2-3H3,(H2,29,36)/t13-,16?,22-,27-/m0/s1. The maximum Gasteiger partial charge on any atom is 0.252 e. The molecule has 1 heterocycles. The molecule has 4 atom stereocenters. The van der Waals surface area contributed by atoms with E-state index in [0.29, 0.717) is 26.3 Å². The number of Topliss-reactive ketones (excluding diaryl/α,β-unsaturated/α-hetero) is 1. The second-order valence-electron chi connectivity index (χ2n) is 10.7. The predicted octanol–water partition coefficient (Wildman–Crippen LogP) is 1.08. The van der Waals surface area contributed by atoms with Crippen molar-refractivity contribution in [3.05, 3.63) is 63.4 Å². The number of primary amides is 1. The molecule has 1 unspecified atom stereocenters. The summed E-state index contributed by atoms with van der Waals surface area (Å²) >= 11 is 0. The van der Waals surface area contributed by atoms with Crippen LogP contribution in [0.4, 0.5) is 4.39 Å². The Morgan fingerprint density at radius 1 is 1.29 bits per heavy atom. The van der Waals surface area contributed by atoms with E-state index >= 15 is 4.39 Å². The van der Waals surface area contributed by atoms with E-state index in [1.165, 1.54) is 6.07 Å². The van der Waals surface area contributed by atoms with E-state index in [1.54, 1.807) is 19.0 Å². The lowest BCUT2D eigenvalue weighted by atomic mass is 9.57. The number of nitrogens with two attached hydrogens (primary N) is 1. The van der Waals surface area contributed by atoms with Crippen LogP contribution >= 0.6 is 0 Å². The van der Waals surface area contributed by atoms with Crippen LogP contribution in [0.3, 0.4) is 0 Å². The molecular weight excluding hydrogens is 497 g/mol. The summed E-state index contributed by atoms with van der Waals surface area (Å²) in [5.74, 6) is -5.61. The largest absolute Gasteiger partial charge is 0.510 e. The van der Waals surface area contributed by atoms with Crippen LogP contribution in [0.15, 0.2) is 40.9 Å². The number of hydrogen-bond donors (Lipinski definition) is 5. The summed E-state index contributed by atoms with van der Waals surface area (Å²) in [6, 6.07) is 0.284. The van der Waals surface area contributed by atoms with Crippen molar-refractivity contribution in [2.24, 2.45) is 17.6 Å². The van der Waals surface area contributed by atoms with Crippen LogP contribution in [0.5, 0.6) is 5.75 Å². The third kappa shape index (κ3) is 3.68. The maximum absolute atomic E-state index is 15.8. The highest BCUT2D eigenvalue weighted by Gasteiger charge is 2.60. The van der Waals surface area contributed by atoms with Crippen molar-refractivity contribution in [3.8, 4) is 5.75 Å². The second kappa shape index (κ2) is 9.19. The van der Waals surface area contributed by atoms with Crippen molar-refractivity contribution in [1.29, 1.82) is 0 Å². The number of phenolic OH excluding ortho intramolecular Hbond substituents is 1. The van der Waals surface area contributed by atoms with Gasteiger partial charge in [-0.2, -0.15) is 0 Å². The molecule has 6 N–H and O–H groups in total. The highest BCUT2D eigenvalue weighted by Crippen LogP contribution is 2.55. The number of aliphatic hydroxyl groups is 3. The van der Waals surface area contributed by atoms with Crippen LogP contribution in [-0.2, 0) is 22.5 Å². The summed E-state index contributed by atoms with van der Waals surface area (Å²) in [4.78, 5) is 29.4. The molecule has 0 spiro atoms. The number of ether oxygens (including phenoxy) is 1. The Morgan fingerprint density at radius 3 is 2.55 bits per heavy atom. The van der Waals surface area contributed by atoms with Gasteiger partial charge in [0, 0.05) is 47.8 Å². The molecule has 1 fully saturated rings. The molecule has 1 amide bonds. The van der Waals surface area contributed by atoms with Gasteiger partial charge in [0.05, 0.1) is 30.4 Å². The maximum atomic E-state index is 15.8. The van der Waals surface area contributed by atoms with E-state index in [9.17, 15) is 30.0 Å². The van der Waals surface area contributed by atoms with Gasteiger partial charge in [-0.1, -0.05) is 6.58 Å². The van der Waals surface area contributed by atoms with E-state index in [0.717, 1.165) is 0 Å². The van der Waals surface area contributed by atoms with Crippen LogP contribution in [-0.4, -0.2) is 94.0 Å². The monoisotopic (exact) mass is 529 g/mol. The number of allylic oxidation sites excluding steroid dienone is 1. The number of carbonyl (C=O) groups excluding carboxylic acids is 2. The number of nitrogens with zero attached hydrogens (tertiary/aromatic N) is 2. The van der Waals surface area contributed by atoms with Crippen LogP contribution in [0.1, 0.15) is 27.9 Å².